The summed E-state index contributed by atoms with van der Waals surface area (Å²) in [6.45, 7) is 14.3. The molecule has 10 heteroatoms. The van der Waals surface area contributed by atoms with Crippen molar-refractivity contribution < 1.29 is 43.5 Å². The minimum atomic E-state index is -1.42. The van der Waals surface area contributed by atoms with E-state index in [4.69, 9.17) is 23.7 Å². The molecule has 0 radical (unpaired) electrons. The fourth-order valence-corrected chi connectivity index (χ4v) is 6.28. The number of aliphatic hydroxyl groups is 2. The molecule has 3 N–H and O–H groups in total. The van der Waals surface area contributed by atoms with Crippen molar-refractivity contribution in [2.45, 2.75) is 128 Å². The number of methoxy groups -OCH3 is 1. The second kappa shape index (κ2) is 15.3. The number of esters is 2. The fraction of sp³-hybridized carbons (Fsp3) is 0.758. The highest BCUT2D eigenvalue weighted by Crippen LogP contribution is 2.40. The van der Waals surface area contributed by atoms with Gasteiger partial charge in [-0.3, -0.25) is 9.59 Å². The Morgan fingerprint density at radius 3 is 2.65 bits per heavy atom. The summed E-state index contributed by atoms with van der Waals surface area (Å²) >= 11 is 0. The van der Waals surface area contributed by atoms with E-state index >= 15 is 0 Å². The molecule has 0 aliphatic carbocycles. The average molecular weight is 608 g/mol. The van der Waals surface area contributed by atoms with Crippen LogP contribution in [-0.2, 0) is 33.3 Å². The summed E-state index contributed by atoms with van der Waals surface area (Å²) in [7, 11) is 1.74. The molecule has 0 bridgehead atoms. The van der Waals surface area contributed by atoms with Crippen LogP contribution in [0.3, 0.4) is 0 Å². The lowest BCUT2D eigenvalue weighted by atomic mass is 9.86. The number of nitrogens with one attached hydrogen (secondary N) is 1. The molecule has 43 heavy (non-hydrogen) atoms. The van der Waals surface area contributed by atoms with Gasteiger partial charge in [-0.2, -0.15) is 0 Å². The van der Waals surface area contributed by atoms with Crippen molar-refractivity contribution in [3.63, 3.8) is 0 Å². The highest BCUT2D eigenvalue weighted by atomic mass is 16.6. The first-order valence-electron chi connectivity index (χ1n) is 15.6. The molecule has 0 saturated carbocycles. The van der Waals surface area contributed by atoms with Crippen LogP contribution in [0.4, 0.5) is 0 Å². The number of aliphatic hydroxyl groups excluding tert-OH is 1. The van der Waals surface area contributed by atoms with Gasteiger partial charge in [-0.1, -0.05) is 45.1 Å². The highest BCUT2D eigenvalue weighted by molar-refractivity contribution is 5.70. The van der Waals surface area contributed by atoms with Crippen LogP contribution in [0.5, 0.6) is 0 Å². The number of ether oxygens (including phenoxy) is 5. The van der Waals surface area contributed by atoms with Crippen LogP contribution in [0.1, 0.15) is 74.1 Å². The molecule has 3 aliphatic heterocycles. The van der Waals surface area contributed by atoms with E-state index in [1.807, 2.05) is 39.0 Å². The van der Waals surface area contributed by atoms with Gasteiger partial charge in [0, 0.05) is 32.4 Å². The third-order valence-corrected chi connectivity index (χ3v) is 9.05. The largest absolute Gasteiger partial charge is 0.457 e. The number of hydrogen-bond donors (Lipinski definition) is 3. The summed E-state index contributed by atoms with van der Waals surface area (Å²) in [6.07, 6.45) is 7.93. The van der Waals surface area contributed by atoms with E-state index in [-0.39, 0.29) is 55.5 Å². The first-order chi connectivity index (χ1) is 20.2. The maximum Gasteiger partial charge on any atom is 0.309 e. The molecule has 11 atom stereocenters. The lowest BCUT2D eigenvalue weighted by molar-refractivity contribution is -0.157. The van der Waals surface area contributed by atoms with Gasteiger partial charge in [-0.15, -0.1) is 0 Å². The van der Waals surface area contributed by atoms with E-state index in [1.54, 1.807) is 26.2 Å². The average Bonchev–Trinajstić information content (AvgIpc) is 3.73. The Kier molecular flexibility index (Phi) is 12.6. The van der Waals surface area contributed by atoms with Crippen molar-refractivity contribution in [3.8, 4) is 0 Å². The van der Waals surface area contributed by atoms with Crippen LogP contribution in [-0.4, -0.2) is 96.3 Å². The van der Waals surface area contributed by atoms with Crippen molar-refractivity contribution in [1.82, 2.24) is 5.32 Å². The monoisotopic (exact) mass is 607 g/mol. The molecular formula is C33H53NO9. The highest BCUT2D eigenvalue weighted by Gasteiger charge is 2.55. The molecule has 3 heterocycles. The Bertz CT molecular complexity index is 1040. The van der Waals surface area contributed by atoms with Gasteiger partial charge in [0.05, 0.1) is 37.4 Å². The zero-order chi connectivity index (χ0) is 31.9. The normalized spacial score (nSPS) is 40.1. The van der Waals surface area contributed by atoms with Crippen molar-refractivity contribution in [1.29, 1.82) is 0 Å². The number of hydrogen-bond acceptors (Lipinski definition) is 10. The Balaban J connectivity index is 1.81. The number of allylic oxidation sites excluding steroid dienone is 2. The molecule has 2 unspecified atom stereocenters. The molecular weight excluding hydrogens is 554 g/mol. The van der Waals surface area contributed by atoms with E-state index in [0.29, 0.717) is 6.61 Å². The molecule has 3 rings (SSSR count). The lowest BCUT2D eigenvalue weighted by Crippen LogP contribution is -2.58. The smallest absolute Gasteiger partial charge is 0.309 e. The van der Waals surface area contributed by atoms with Gasteiger partial charge in [-0.25, -0.2) is 0 Å². The maximum absolute atomic E-state index is 12.8. The zero-order valence-corrected chi connectivity index (χ0v) is 27.1. The number of carbonyl (C=O) groups excluding carboxylic acids is 2. The van der Waals surface area contributed by atoms with Crippen LogP contribution >= 0.6 is 0 Å². The predicted octanol–water partition coefficient (Wildman–Crippen LogP) is 3.40. The molecule has 244 valence electrons. The summed E-state index contributed by atoms with van der Waals surface area (Å²) in [4.78, 5) is 24.5. The van der Waals surface area contributed by atoms with Gasteiger partial charge in [0.2, 0.25) is 0 Å². The number of carbonyl (C=O) groups is 2. The Morgan fingerprint density at radius 1 is 1.28 bits per heavy atom. The predicted molar refractivity (Wildman–Crippen MR) is 162 cm³/mol. The molecule has 0 aromatic carbocycles. The van der Waals surface area contributed by atoms with E-state index in [1.165, 1.54) is 6.92 Å². The SMILES string of the molecule is CC[C@H](OC)[C@@H](C)[C@H]1O[C@@H]1C1NCCOC1(C)/C=C/C=C(\C)[C@H]1OC(=O)C[C@H](O)CC[C@@](C)(O)[C@@H](OC(C)=O)/C=C/[C@@H]1C. The molecule has 3 aliphatic rings. The molecule has 0 spiro atoms. The van der Waals surface area contributed by atoms with Crippen molar-refractivity contribution in [2.24, 2.45) is 11.8 Å². The standard InChI is InChI=1S/C33H53NO9/c1-9-25(39-8)22(4)29-30(43-29)31-33(7,40-18-17-34-31)15-10-11-20(2)28-21(3)12-13-26(41-23(5)35)32(6,38)16-14-24(36)19-27(37)42-28/h10-13,15,21-22,24-26,28-31,34,36,38H,9,14,16-19H2,1-8H3/b13-12+,15-10+,20-11+/t21-,22+,24+,25-,26-,28+,29+,30-,31?,32+,33?/m0/s1. The second-order valence-electron chi connectivity index (χ2n) is 12.8. The van der Waals surface area contributed by atoms with Crippen LogP contribution in [0.15, 0.2) is 36.0 Å². The molecule has 2 fully saturated rings. The van der Waals surface area contributed by atoms with E-state index in [9.17, 15) is 19.8 Å². The third-order valence-electron chi connectivity index (χ3n) is 9.05. The van der Waals surface area contributed by atoms with E-state index in [2.05, 4.69) is 19.2 Å². The zero-order valence-electron chi connectivity index (χ0n) is 27.1. The Morgan fingerprint density at radius 2 is 2.00 bits per heavy atom. The minimum Gasteiger partial charge on any atom is -0.457 e. The summed E-state index contributed by atoms with van der Waals surface area (Å²) in [6, 6.07) is -0.0402. The molecule has 0 aromatic rings. The van der Waals surface area contributed by atoms with Gasteiger partial charge in [-0.05, 0) is 51.7 Å². The number of epoxide rings is 1. The Hall–Kier alpha value is -2.08. The summed E-state index contributed by atoms with van der Waals surface area (Å²) in [5.74, 6) is -1.10. The first-order valence-corrected chi connectivity index (χ1v) is 15.6. The summed E-state index contributed by atoms with van der Waals surface area (Å²) < 4.78 is 29.4. The number of cyclic esters (lactones) is 1. The van der Waals surface area contributed by atoms with Gasteiger partial charge in [0.1, 0.15) is 29.5 Å². The first kappa shape index (κ1) is 35.4. The summed E-state index contributed by atoms with van der Waals surface area (Å²) in [5, 5.41) is 25.1. The second-order valence-corrected chi connectivity index (χ2v) is 12.8. The quantitative estimate of drug-likeness (QED) is 0.155. The van der Waals surface area contributed by atoms with Crippen molar-refractivity contribution in [2.75, 3.05) is 20.3 Å². The number of rotatable bonds is 9. The van der Waals surface area contributed by atoms with Crippen molar-refractivity contribution in [3.05, 3.63) is 36.0 Å². The molecule has 2 saturated heterocycles. The van der Waals surface area contributed by atoms with Gasteiger partial charge < -0.3 is 39.2 Å². The van der Waals surface area contributed by atoms with Crippen LogP contribution < -0.4 is 5.32 Å². The van der Waals surface area contributed by atoms with Crippen LogP contribution in [0.2, 0.25) is 0 Å². The minimum absolute atomic E-state index is 0.00505. The lowest BCUT2D eigenvalue weighted by Gasteiger charge is -2.39. The maximum atomic E-state index is 12.8. The Labute approximate surface area is 256 Å². The molecule has 10 nitrogen and oxygen atoms in total. The number of morpholine rings is 1. The van der Waals surface area contributed by atoms with Gasteiger partial charge in [0.15, 0.2) is 0 Å². The van der Waals surface area contributed by atoms with Crippen LogP contribution in [0, 0.1) is 11.8 Å². The summed E-state index contributed by atoms with van der Waals surface area (Å²) in [5.41, 5.74) is -1.25. The topological polar surface area (TPSA) is 136 Å². The van der Waals surface area contributed by atoms with Gasteiger partial charge >= 0.3 is 11.9 Å². The third kappa shape index (κ3) is 9.45. The van der Waals surface area contributed by atoms with Crippen LogP contribution in [0.25, 0.3) is 0 Å². The van der Waals surface area contributed by atoms with E-state index in [0.717, 1.165) is 18.5 Å². The fourth-order valence-electron chi connectivity index (χ4n) is 6.28. The molecule has 0 amide bonds. The van der Waals surface area contributed by atoms with Gasteiger partial charge in [0.25, 0.3) is 0 Å². The van der Waals surface area contributed by atoms with Crippen molar-refractivity contribution >= 4 is 11.9 Å². The van der Waals surface area contributed by atoms with E-state index < -0.39 is 41.5 Å². The molecule has 0 aromatic heterocycles.